The van der Waals surface area contributed by atoms with Crippen molar-refractivity contribution in [3.8, 4) is 17.2 Å². The lowest BCUT2D eigenvalue weighted by molar-refractivity contribution is -0.141. The van der Waals surface area contributed by atoms with Gasteiger partial charge in [0.1, 0.15) is 28.2 Å². The molecule has 1 fully saturated rings. The maximum Gasteiger partial charge on any atom is 0.229 e. The molecule has 8 nitrogen and oxygen atoms in total. The topological polar surface area (TPSA) is 97.6 Å². The van der Waals surface area contributed by atoms with Crippen LogP contribution in [0.3, 0.4) is 0 Å². The maximum absolute atomic E-state index is 12.0. The molecule has 2 aromatic carbocycles. The molecule has 0 spiro atoms. The fourth-order valence-electron chi connectivity index (χ4n) is 3.19. The van der Waals surface area contributed by atoms with Crippen LogP contribution in [0.2, 0.25) is 0 Å². The first kappa shape index (κ1) is 18.0. The Labute approximate surface area is 161 Å². The molecule has 8 heteroatoms. The van der Waals surface area contributed by atoms with Crippen LogP contribution in [0.5, 0.6) is 11.5 Å². The minimum absolute atomic E-state index is 0.00320. The molecule has 0 atom stereocenters. The van der Waals surface area contributed by atoms with Crippen molar-refractivity contribution in [3.05, 3.63) is 42.5 Å². The molecule has 2 heterocycles. The SMILES string of the molecule is O=C(CCCOc1ccc(-n2nc3ccccc3n2)c(O)c1)N1CCCC1=O. The van der Waals surface area contributed by atoms with Crippen molar-refractivity contribution in [2.75, 3.05) is 13.2 Å². The van der Waals surface area contributed by atoms with Crippen LogP contribution >= 0.6 is 0 Å². The van der Waals surface area contributed by atoms with Gasteiger partial charge >= 0.3 is 0 Å². The molecule has 2 amide bonds. The lowest BCUT2D eigenvalue weighted by atomic mass is 10.2. The number of benzene rings is 2. The molecule has 0 radical (unpaired) electrons. The molecule has 28 heavy (non-hydrogen) atoms. The van der Waals surface area contributed by atoms with Gasteiger partial charge in [-0.2, -0.15) is 0 Å². The van der Waals surface area contributed by atoms with Gasteiger partial charge in [0.15, 0.2) is 0 Å². The standard InChI is InChI=1S/C20H20N4O4/c25-18-13-14(28-12-4-8-20(27)23-11-3-7-19(23)26)9-10-17(18)24-21-15-5-1-2-6-16(15)22-24/h1-2,5-6,9-10,13,25H,3-4,7-8,11-12H2. The van der Waals surface area contributed by atoms with Gasteiger partial charge in [0.25, 0.3) is 0 Å². The van der Waals surface area contributed by atoms with Gasteiger partial charge in [-0.05, 0) is 37.1 Å². The van der Waals surface area contributed by atoms with E-state index in [0.717, 1.165) is 17.5 Å². The van der Waals surface area contributed by atoms with Crippen molar-refractivity contribution in [2.45, 2.75) is 25.7 Å². The predicted octanol–water partition coefficient (Wildman–Crippen LogP) is 2.43. The third-order valence-electron chi connectivity index (χ3n) is 4.63. The molecular formula is C20H20N4O4. The summed E-state index contributed by atoms with van der Waals surface area (Å²) in [7, 11) is 0. The van der Waals surface area contributed by atoms with Crippen molar-refractivity contribution in [1.29, 1.82) is 0 Å². The number of carbonyl (C=O) groups excluding carboxylic acids is 2. The van der Waals surface area contributed by atoms with Gasteiger partial charge in [0.2, 0.25) is 11.8 Å². The number of rotatable bonds is 6. The number of phenols is 1. The second-order valence-corrected chi connectivity index (χ2v) is 6.62. The molecule has 1 aliphatic rings. The number of imide groups is 1. The van der Waals surface area contributed by atoms with E-state index in [1.54, 1.807) is 12.1 Å². The van der Waals surface area contributed by atoms with E-state index in [1.165, 1.54) is 15.8 Å². The monoisotopic (exact) mass is 380 g/mol. The number of aromatic nitrogens is 3. The highest BCUT2D eigenvalue weighted by atomic mass is 16.5. The first-order valence-corrected chi connectivity index (χ1v) is 9.23. The molecule has 0 bridgehead atoms. The van der Waals surface area contributed by atoms with Crippen LogP contribution in [0.15, 0.2) is 42.5 Å². The summed E-state index contributed by atoms with van der Waals surface area (Å²) in [6.45, 7) is 0.834. The summed E-state index contributed by atoms with van der Waals surface area (Å²) in [5.41, 5.74) is 1.93. The zero-order valence-electron chi connectivity index (χ0n) is 15.2. The second kappa shape index (κ2) is 7.67. The molecular weight excluding hydrogens is 360 g/mol. The lowest BCUT2D eigenvalue weighted by Gasteiger charge is -2.13. The number of carbonyl (C=O) groups is 2. The molecule has 144 valence electrons. The Hall–Kier alpha value is -3.42. The first-order chi connectivity index (χ1) is 13.6. The maximum atomic E-state index is 12.0. The largest absolute Gasteiger partial charge is 0.505 e. The van der Waals surface area contributed by atoms with Crippen LogP contribution in [0.25, 0.3) is 16.7 Å². The highest BCUT2D eigenvalue weighted by molar-refractivity contribution is 5.96. The van der Waals surface area contributed by atoms with Gasteiger partial charge in [-0.1, -0.05) is 12.1 Å². The summed E-state index contributed by atoms with van der Waals surface area (Å²) in [6.07, 6.45) is 1.96. The first-order valence-electron chi connectivity index (χ1n) is 9.23. The van der Waals surface area contributed by atoms with Gasteiger partial charge < -0.3 is 9.84 Å². The van der Waals surface area contributed by atoms with Crippen molar-refractivity contribution < 1.29 is 19.4 Å². The minimum atomic E-state index is -0.152. The number of hydrogen-bond acceptors (Lipinski definition) is 6. The molecule has 0 saturated carbocycles. The highest BCUT2D eigenvalue weighted by Crippen LogP contribution is 2.27. The van der Waals surface area contributed by atoms with E-state index in [9.17, 15) is 14.7 Å². The summed E-state index contributed by atoms with van der Waals surface area (Å²) in [4.78, 5) is 26.2. The highest BCUT2D eigenvalue weighted by Gasteiger charge is 2.25. The Morgan fingerprint density at radius 2 is 1.89 bits per heavy atom. The zero-order valence-corrected chi connectivity index (χ0v) is 15.2. The van der Waals surface area contributed by atoms with Gasteiger partial charge in [-0.15, -0.1) is 15.0 Å². The van der Waals surface area contributed by atoms with E-state index in [2.05, 4.69) is 10.2 Å². The summed E-state index contributed by atoms with van der Waals surface area (Å²) >= 11 is 0. The molecule has 1 aromatic heterocycles. The number of phenolic OH excluding ortho intramolecular Hbond substituents is 1. The van der Waals surface area contributed by atoms with E-state index in [0.29, 0.717) is 37.4 Å². The average Bonchev–Trinajstić information content (AvgIpc) is 3.31. The van der Waals surface area contributed by atoms with Crippen molar-refractivity contribution in [3.63, 3.8) is 0 Å². The fourth-order valence-corrected chi connectivity index (χ4v) is 3.19. The van der Waals surface area contributed by atoms with E-state index in [-0.39, 0.29) is 24.0 Å². The Balaban J connectivity index is 1.34. The minimum Gasteiger partial charge on any atom is -0.505 e. The molecule has 4 rings (SSSR count). The van der Waals surface area contributed by atoms with Crippen LogP contribution in [0, 0.1) is 0 Å². The molecule has 1 saturated heterocycles. The molecule has 1 N–H and O–H groups in total. The van der Waals surface area contributed by atoms with E-state index < -0.39 is 0 Å². The Morgan fingerprint density at radius 1 is 1.14 bits per heavy atom. The van der Waals surface area contributed by atoms with Gasteiger partial charge in [0, 0.05) is 25.5 Å². The van der Waals surface area contributed by atoms with Crippen LogP contribution in [-0.4, -0.2) is 50.0 Å². The average molecular weight is 380 g/mol. The summed E-state index contributed by atoms with van der Waals surface area (Å²) in [5, 5.41) is 19.0. The number of nitrogens with zero attached hydrogens (tertiary/aromatic N) is 4. The quantitative estimate of drug-likeness (QED) is 0.660. The predicted molar refractivity (Wildman–Crippen MR) is 101 cm³/mol. The number of hydrogen-bond donors (Lipinski definition) is 1. The van der Waals surface area contributed by atoms with E-state index >= 15 is 0 Å². The van der Waals surface area contributed by atoms with Crippen LogP contribution in [-0.2, 0) is 9.59 Å². The van der Waals surface area contributed by atoms with Gasteiger partial charge in [0.05, 0.1) is 6.61 Å². The number of amides is 2. The molecule has 0 aliphatic carbocycles. The van der Waals surface area contributed by atoms with Crippen LogP contribution < -0.4 is 4.74 Å². The van der Waals surface area contributed by atoms with Crippen molar-refractivity contribution in [1.82, 2.24) is 19.9 Å². The van der Waals surface area contributed by atoms with Gasteiger partial charge in [-0.3, -0.25) is 14.5 Å². The number of likely N-dealkylation sites (tertiary alicyclic amines) is 1. The molecule has 0 unspecified atom stereocenters. The molecule has 1 aliphatic heterocycles. The smallest absolute Gasteiger partial charge is 0.229 e. The van der Waals surface area contributed by atoms with Crippen molar-refractivity contribution in [2.24, 2.45) is 0 Å². The summed E-state index contributed by atoms with van der Waals surface area (Å²) in [6, 6.07) is 12.3. The third kappa shape index (κ3) is 3.66. The Bertz CT molecular complexity index is 997. The van der Waals surface area contributed by atoms with E-state index in [4.69, 9.17) is 4.74 Å². The summed E-state index contributed by atoms with van der Waals surface area (Å²) < 4.78 is 5.61. The van der Waals surface area contributed by atoms with Crippen LogP contribution in [0.4, 0.5) is 0 Å². The van der Waals surface area contributed by atoms with Crippen LogP contribution in [0.1, 0.15) is 25.7 Å². The van der Waals surface area contributed by atoms with Crippen molar-refractivity contribution >= 4 is 22.8 Å². The number of aromatic hydroxyl groups is 1. The zero-order chi connectivity index (χ0) is 19.5. The number of ether oxygens (including phenoxy) is 1. The summed E-state index contributed by atoms with van der Waals surface area (Å²) in [5.74, 6) is 0.242. The third-order valence-corrected chi connectivity index (χ3v) is 4.63. The Morgan fingerprint density at radius 3 is 2.54 bits per heavy atom. The normalized spacial score (nSPS) is 14.0. The fraction of sp³-hybridized carbons (Fsp3) is 0.300. The van der Waals surface area contributed by atoms with E-state index in [1.807, 2.05) is 24.3 Å². The molecule has 3 aromatic rings. The lowest BCUT2D eigenvalue weighted by Crippen LogP contribution is -2.31. The number of fused-ring (bicyclic) bond motifs is 1. The second-order valence-electron chi connectivity index (χ2n) is 6.62. The Kier molecular flexibility index (Phi) is 4.92. The van der Waals surface area contributed by atoms with Gasteiger partial charge in [-0.25, -0.2) is 0 Å².